The van der Waals surface area contributed by atoms with Crippen LogP contribution in [0.2, 0.25) is 0 Å². The van der Waals surface area contributed by atoms with Gasteiger partial charge in [-0.1, -0.05) is 50.6 Å². The van der Waals surface area contributed by atoms with Crippen LogP contribution in [0.4, 0.5) is 11.4 Å². The molecule has 2 aromatic carbocycles. The van der Waals surface area contributed by atoms with Crippen molar-refractivity contribution in [2.45, 2.75) is 39.2 Å². The third-order valence-corrected chi connectivity index (χ3v) is 5.32. The van der Waals surface area contributed by atoms with Crippen molar-refractivity contribution in [1.82, 2.24) is 0 Å². The van der Waals surface area contributed by atoms with Gasteiger partial charge in [-0.3, -0.25) is 9.59 Å². The topological polar surface area (TPSA) is 75.4 Å². The number of carbonyl (C=O) groups excluding carboxylic acids is 2. The summed E-state index contributed by atoms with van der Waals surface area (Å²) in [7, 11) is 0. The second-order valence-corrected chi connectivity index (χ2v) is 7.20. The van der Waals surface area contributed by atoms with Crippen LogP contribution in [0.3, 0.4) is 0 Å². The number of para-hydroxylation sites is 1. The fraction of sp³-hybridized carbons (Fsp3) is 0.364. The van der Waals surface area contributed by atoms with E-state index in [0.717, 1.165) is 30.6 Å². The maximum absolute atomic E-state index is 12.7. The van der Waals surface area contributed by atoms with Crippen LogP contribution in [0.5, 0.6) is 0 Å². The average Bonchev–Trinajstić information content (AvgIpc) is 3.12. The summed E-state index contributed by atoms with van der Waals surface area (Å²) in [5.41, 5.74) is 9.82. The molecule has 0 saturated carbocycles. The summed E-state index contributed by atoms with van der Waals surface area (Å²) < 4.78 is 0. The molecule has 142 valence electrons. The number of hydrogen-bond donors (Lipinski definition) is 2. The fourth-order valence-electron chi connectivity index (χ4n) is 3.31. The monoisotopic (exact) mass is 365 g/mol. The highest BCUT2D eigenvalue weighted by atomic mass is 16.2. The Bertz CT molecular complexity index is 817. The van der Waals surface area contributed by atoms with E-state index in [4.69, 9.17) is 5.73 Å². The Balaban J connectivity index is 1.60. The van der Waals surface area contributed by atoms with Gasteiger partial charge in [0.25, 0.3) is 0 Å². The normalized spacial score (nSPS) is 15.1. The van der Waals surface area contributed by atoms with E-state index >= 15 is 0 Å². The van der Waals surface area contributed by atoms with Gasteiger partial charge in [0.15, 0.2) is 0 Å². The number of nitrogens with one attached hydrogen (secondary N) is 1. The maximum Gasteiger partial charge on any atom is 0.241 e. The number of hydrogen-bond acceptors (Lipinski definition) is 3. The van der Waals surface area contributed by atoms with Crippen LogP contribution >= 0.6 is 0 Å². The summed E-state index contributed by atoms with van der Waals surface area (Å²) in [5.74, 6) is 0.0441. The molecule has 2 unspecified atom stereocenters. The third-order valence-electron chi connectivity index (χ3n) is 5.32. The number of rotatable bonds is 6. The molecule has 3 N–H and O–H groups in total. The van der Waals surface area contributed by atoms with Gasteiger partial charge < -0.3 is 16.0 Å². The maximum atomic E-state index is 12.7. The zero-order chi connectivity index (χ0) is 19.4. The van der Waals surface area contributed by atoms with E-state index in [1.165, 1.54) is 5.56 Å². The van der Waals surface area contributed by atoms with Crippen molar-refractivity contribution in [3.8, 4) is 0 Å². The molecule has 1 heterocycles. The zero-order valence-electron chi connectivity index (χ0n) is 15.9. The van der Waals surface area contributed by atoms with Gasteiger partial charge in [0.2, 0.25) is 11.8 Å². The summed E-state index contributed by atoms with van der Waals surface area (Å²) in [6, 6.07) is 14.9. The molecule has 2 amide bonds. The van der Waals surface area contributed by atoms with Crippen LogP contribution in [-0.4, -0.2) is 24.4 Å². The number of anilines is 2. The molecule has 0 aliphatic carbocycles. The smallest absolute Gasteiger partial charge is 0.241 e. The van der Waals surface area contributed by atoms with E-state index in [1.807, 2.05) is 61.2 Å². The second kappa shape index (κ2) is 8.35. The Kier molecular flexibility index (Phi) is 5.91. The van der Waals surface area contributed by atoms with E-state index in [0.29, 0.717) is 12.1 Å². The first-order chi connectivity index (χ1) is 13.0. The van der Waals surface area contributed by atoms with Crippen molar-refractivity contribution in [2.24, 2.45) is 11.7 Å². The van der Waals surface area contributed by atoms with Gasteiger partial charge in [0.1, 0.15) is 0 Å². The molecule has 0 saturated heterocycles. The highest BCUT2D eigenvalue weighted by Gasteiger charge is 2.24. The molecule has 3 rings (SSSR count). The highest BCUT2D eigenvalue weighted by molar-refractivity contribution is 5.97. The molecule has 5 nitrogen and oxygen atoms in total. The van der Waals surface area contributed by atoms with E-state index in [1.54, 1.807) is 0 Å². The minimum Gasteiger partial charge on any atom is -0.325 e. The lowest BCUT2D eigenvalue weighted by molar-refractivity contribution is -0.119. The van der Waals surface area contributed by atoms with Crippen molar-refractivity contribution in [2.75, 3.05) is 16.8 Å². The van der Waals surface area contributed by atoms with Gasteiger partial charge in [0, 0.05) is 17.9 Å². The predicted octanol–water partition coefficient (Wildman–Crippen LogP) is 3.13. The van der Waals surface area contributed by atoms with Crippen LogP contribution in [-0.2, 0) is 22.4 Å². The van der Waals surface area contributed by atoms with Crippen molar-refractivity contribution in [3.63, 3.8) is 0 Å². The standard InChI is InChI=1S/C22H27N3O2/c1-3-15(2)21(23)22(27)24-18-10-8-16(9-11-18)14-20(26)25-13-12-17-6-4-5-7-19(17)25/h4-11,15,21H,3,12-14,23H2,1-2H3,(H,24,27). The minimum atomic E-state index is -0.522. The molecule has 27 heavy (non-hydrogen) atoms. The van der Waals surface area contributed by atoms with Gasteiger partial charge in [-0.25, -0.2) is 0 Å². The molecule has 5 heteroatoms. The van der Waals surface area contributed by atoms with Crippen molar-refractivity contribution in [3.05, 3.63) is 59.7 Å². The fourth-order valence-corrected chi connectivity index (χ4v) is 3.31. The second-order valence-electron chi connectivity index (χ2n) is 7.20. The van der Waals surface area contributed by atoms with Gasteiger partial charge in [0.05, 0.1) is 12.5 Å². The first kappa shape index (κ1) is 19.1. The highest BCUT2D eigenvalue weighted by Crippen LogP contribution is 2.28. The molecular weight excluding hydrogens is 338 g/mol. The number of carbonyl (C=O) groups is 2. The van der Waals surface area contributed by atoms with Gasteiger partial charge in [-0.15, -0.1) is 0 Å². The molecule has 0 fully saturated rings. The summed E-state index contributed by atoms with van der Waals surface area (Å²) >= 11 is 0. The molecule has 2 aromatic rings. The number of nitrogens with zero attached hydrogens (tertiary/aromatic N) is 1. The average molecular weight is 365 g/mol. The molecule has 1 aliphatic rings. The Morgan fingerprint density at radius 1 is 1.15 bits per heavy atom. The molecular formula is C22H27N3O2. The Hall–Kier alpha value is -2.66. The lowest BCUT2D eigenvalue weighted by Crippen LogP contribution is -2.40. The zero-order valence-corrected chi connectivity index (χ0v) is 15.9. The van der Waals surface area contributed by atoms with E-state index in [2.05, 4.69) is 11.4 Å². The van der Waals surface area contributed by atoms with Gasteiger partial charge >= 0.3 is 0 Å². The molecule has 1 aliphatic heterocycles. The van der Waals surface area contributed by atoms with E-state index < -0.39 is 6.04 Å². The SMILES string of the molecule is CCC(C)C(N)C(=O)Nc1ccc(CC(=O)N2CCc3ccccc32)cc1. The van der Waals surface area contributed by atoms with Crippen LogP contribution in [0, 0.1) is 5.92 Å². The summed E-state index contributed by atoms with van der Waals surface area (Å²) in [6.07, 6.45) is 2.10. The Morgan fingerprint density at radius 2 is 1.85 bits per heavy atom. The van der Waals surface area contributed by atoms with Crippen LogP contribution in [0.1, 0.15) is 31.4 Å². The lowest BCUT2D eigenvalue weighted by Gasteiger charge is -2.18. The first-order valence-corrected chi connectivity index (χ1v) is 9.53. The molecule has 0 radical (unpaired) electrons. The van der Waals surface area contributed by atoms with Crippen LogP contribution in [0.25, 0.3) is 0 Å². The van der Waals surface area contributed by atoms with Crippen molar-refractivity contribution < 1.29 is 9.59 Å². The van der Waals surface area contributed by atoms with Gasteiger partial charge in [-0.2, -0.15) is 0 Å². The van der Waals surface area contributed by atoms with Crippen LogP contribution < -0.4 is 16.0 Å². The molecule has 0 aromatic heterocycles. The molecule has 0 bridgehead atoms. The van der Waals surface area contributed by atoms with Gasteiger partial charge in [-0.05, 0) is 41.7 Å². The third kappa shape index (κ3) is 4.37. The molecule has 0 spiro atoms. The summed E-state index contributed by atoms with van der Waals surface area (Å²) in [5, 5.41) is 2.85. The van der Waals surface area contributed by atoms with E-state index in [-0.39, 0.29) is 17.7 Å². The number of benzene rings is 2. The van der Waals surface area contributed by atoms with Crippen molar-refractivity contribution in [1.29, 1.82) is 0 Å². The Morgan fingerprint density at radius 3 is 2.56 bits per heavy atom. The number of amides is 2. The summed E-state index contributed by atoms with van der Waals surface area (Å²) in [6.45, 7) is 4.72. The first-order valence-electron chi connectivity index (χ1n) is 9.53. The number of fused-ring (bicyclic) bond motifs is 1. The quantitative estimate of drug-likeness (QED) is 0.826. The molecule has 2 atom stereocenters. The predicted molar refractivity (Wildman–Crippen MR) is 109 cm³/mol. The van der Waals surface area contributed by atoms with Crippen molar-refractivity contribution >= 4 is 23.2 Å². The largest absolute Gasteiger partial charge is 0.325 e. The summed E-state index contributed by atoms with van der Waals surface area (Å²) in [4.78, 5) is 26.7. The van der Waals surface area contributed by atoms with E-state index in [9.17, 15) is 9.59 Å². The number of nitrogens with two attached hydrogens (primary N) is 1. The van der Waals surface area contributed by atoms with Crippen LogP contribution in [0.15, 0.2) is 48.5 Å². The minimum absolute atomic E-state index is 0.0931. The lowest BCUT2D eigenvalue weighted by atomic mass is 9.99. The Labute approximate surface area is 160 Å².